The molecule has 304 valence electrons. The Labute approximate surface area is 333 Å². The van der Waals surface area contributed by atoms with Gasteiger partial charge in [-0.3, -0.25) is 19.4 Å². The molecule has 0 N–H and O–H groups in total. The molecule has 3 aromatic carbocycles. The van der Waals surface area contributed by atoms with Gasteiger partial charge in [0.15, 0.2) is 34.5 Å². The van der Waals surface area contributed by atoms with Crippen LogP contribution in [0.2, 0.25) is 0 Å². The van der Waals surface area contributed by atoms with E-state index in [4.69, 9.17) is 33.2 Å². The van der Waals surface area contributed by atoms with Crippen molar-refractivity contribution in [1.82, 2.24) is 14.7 Å². The number of unbranched alkanes of at least 4 members (excludes halogenated alkanes) is 3. The highest BCUT2D eigenvalue weighted by molar-refractivity contribution is 6.03. The maximum atomic E-state index is 13.3. The lowest BCUT2D eigenvalue weighted by molar-refractivity contribution is -0.127. The van der Waals surface area contributed by atoms with Gasteiger partial charge in [0, 0.05) is 56.6 Å². The van der Waals surface area contributed by atoms with Gasteiger partial charge in [-0.1, -0.05) is 6.07 Å². The second-order valence-electron chi connectivity index (χ2n) is 13.9. The molecule has 0 radical (unpaired) electrons. The Balaban J connectivity index is 0.910. The van der Waals surface area contributed by atoms with Gasteiger partial charge in [0.25, 0.3) is 11.8 Å². The largest absolute Gasteiger partial charge is 0.493 e. The molecule has 0 spiro atoms. The molecular formula is C43H52N4O10. The molecule has 0 bridgehead atoms. The van der Waals surface area contributed by atoms with E-state index in [0.717, 1.165) is 50.6 Å². The Bertz CT molecular complexity index is 1950. The zero-order chi connectivity index (χ0) is 40.3. The monoisotopic (exact) mass is 784 g/mol. The van der Waals surface area contributed by atoms with E-state index in [0.29, 0.717) is 96.5 Å². The van der Waals surface area contributed by atoms with E-state index in [-0.39, 0.29) is 23.8 Å². The Hall–Kier alpha value is -5.92. The number of nitrogens with zero attached hydrogens (tertiary/aromatic N) is 4. The topological polar surface area (TPSA) is 138 Å². The van der Waals surface area contributed by atoms with Crippen LogP contribution < -0.4 is 33.2 Å². The van der Waals surface area contributed by atoms with Gasteiger partial charge in [-0.05, 0) is 80.5 Å². The Morgan fingerprint density at radius 3 is 1.98 bits per heavy atom. The number of carbonyl (C=O) groups excluding carboxylic acids is 3. The van der Waals surface area contributed by atoms with Crippen LogP contribution in [-0.2, 0) is 4.79 Å². The van der Waals surface area contributed by atoms with E-state index < -0.39 is 0 Å². The summed E-state index contributed by atoms with van der Waals surface area (Å²) in [4.78, 5) is 49.4. The van der Waals surface area contributed by atoms with E-state index in [1.165, 1.54) is 27.4 Å². The molecule has 14 heteroatoms. The Morgan fingerprint density at radius 2 is 1.33 bits per heavy atom. The van der Waals surface area contributed by atoms with E-state index in [9.17, 15) is 14.4 Å². The number of rotatable bonds is 17. The van der Waals surface area contributed by atoms with Crippen molar-refractivity contribution < 1.29 is 47.5 Å². The summed E-state index contributed by atoms with van der Waals surface area (Å²) in [5.41, 5.74) is 2.38. The number of hydrogen-bond donors (Lipinski definition) is 0. The number of hydrogen-bond acceptors (Lipinski definition) is 11. The van der Waals surface area contributed by atoms with E-state index in [1.807, 2.05) is 29.3 Å². The van der Waals surface area contributed by atoms with Crippen molar-refractivity contribution in [2.24, 2.45) is 4.99 Å². The van der Waals surface area contributed by atoms with E-state index >= 15 is 0 Å². The van der Waals surface area contributed by atoms with Gasteiger partial charge in [0.1, 0.15) is 0 Å². The van der Waals surface area contributed by atoms with Crippen LogP contribution in [0.3, 0.4) is 0 Å². The Kier molecular flexibility index (Phi) is 13.8. The zero-order valence-electron chi connectivity index (χ0n) is 33.4. The second-order valence-corrected chi connectivity index (χ2v) is 13.9. The molecular weight excluding hydrogens is 732 g/mol. The van der Waals surface area contributed by atoms with Gasteiger partial charge in [-0.2, -0.15) is 0 Å². The van der Waals surface area contributed by atoms with Crippen molar-refractivity contribution >= 4 is 35.7 Å². The summed E-state index contributed by atoms with van der Waals surface area (Å²) < 4.78 is 39.4. The summed E-state index contributed by atoms with van der Waals surface area (Å²) in [5.74, 6) is 3.24. The van der Waals surface area contributed by atoms with Crippen LogP contribution in [-0.4, -0.2) is 126 Å². The van der Waals surface area contributed by atoms with Crippen molar-refractivity contribution in [2.45, 2.75) is 44.6 Å². The summed E-state index contributed by atoms with van der Waals surface area (Å²) in [6, 6.07) is 12.4. The average Bonchev–Trinajstić information content (AvgIpc) is 3.68. The minimum absolute atomic E-state index is 0.0105. The molecule has 2 saturated heterocycles. The van der Waals surface area contributed by atoms with Gasteiger partial charge in [-0.15, -0.1) is 0 Å². The third-order valence-corrected chi connectivity index (χ3v) is 10.4. The van der Waals surface area contributed by atoms with Crippen LogP contribution in [0.5, 0.6) is 40.2 Å². The van der Waals surface area contributed by atoms with Gasteiger partial charge >= 0.3 is 0 Å². The first-order chi connectivity index (χ1) is 27.8. The number of amides is 3. The summed E-state index contributed by atoms with van der Waals surface area (Å²) in [5, 5.41) is 0. The maximum Gasteiger partial charge on any atom is 0.256 e. The normalized spacial score (nSPS) is 16.2. The number of ether oxygens (including phenoxy) is 7. The van der Waals surface area contributed by atoms with E-state index in [1.54, 1.807) is 54.4 Å². The fourth-order valence-corrected chi connectivity index (χ4v) is 7.24. The highest BCUT2D eigenvalue weighted by Gasteiger charge is 2.33. The number of fused-ring (bicyclic) bond motifs is 2. The van der Waals surface area contributed by atoms with Crippen LogP contribution in [0.15, 0.2) is 53.5 Å². The number of carbonyl (C=O) groups is 3. The number of benzene rings is 3. The fraction of sp³-hybridized carbons (Fsp3) is 0.442. The van der Waals surface area contributed by atoms with Crippen molar-refractivity contribution in [2.75, 3.05) is 81.5 Å². The van der Waals surface area contributed by atoms with Gasteiger partial charge in [0.05, 0.1) is 66.1 Å². The summed E-state index contributed by atoms with van der Waals surface area (Å²) in [6.07, 6.45) is 10.7. The van der Waals surface area contributed by atoms with Crippen molar-refractivity contribution in [3.05, 3.63) is 65.2 Å². The SMILES string of the molecule is COc1cc(C=CC(=O)N2CCN(C(=O)c3cc(OC)c(OC)c(OC)c3)CC2)ccc1OCCCCCCOc1cc2c(cc1OC)C(=O)N1CCC[C@H]1C=N2. The first-order valence-corrected chi connectivity index (χ1v) is 19.4. The molecule has 0 aliphatic carbocycles. The third-order valence-electron chi connectivity index (χ3n) is 10.4. The molecule has 0 aromatic heterocycles. The van der Waals surface area contributed by atoms with Crippen LogP contribution in [0.25, 0.3) is 6.08 Å². The fourth-order valence-electron chi connectivity index (χ4n) is 7.24. The van der Waals surface area contributed by atoms with Crippen LogP contribution in [0.4, 0.5) is 5.69 Å². The lowest BCUT2D eigenvalue weighted by atomic mass is 10.1. The standard InChI is InChI=1S/C43H52N4O10/c1-51-35-23-29(13-15-40(48)45-17-19-46(20-18-45)42(49)30-24-38(53-3)41(55-5)39(25-30)54-4)12-14-34(35)56-21-8-6-7-9-22-57-37-27-33-32(26-36(37)52-2)43(50)47-16-10-11-31(47)28-44-33/h12-15,23-28,31H,6-11,16-22H2,1-5H3/t31-/m0/s1. The molecule has 2 fully saturated rings. The minimum atomic E-state index is -0.174. The van der Waals surface area contributed by atoms with Gasteiger partial charge < -0.3 is 47.9 Å². The minimum Gasteiger partial charge on any atom is -0.493 e. The number of methoxy groups -OCH3 is 5. The van der Waals surface area contributed by atoms with Crippen molar-refractivity contribution in [1.29, 1.82) is 0 Å². The van der Waals surface area contributed by atoms with Crippen LogP contribution >= 0.6 is 0 Å². The maximum absolute atomic E-state index is 13.3. The van der Waals surface area contributed by atoms with Crippen molar-refractivity contribution in [3.8, 4) is 40.2 Å². The lowest BCUT2D eigenvalue weighted by Crippen LogP contribution is -2.50. The molecule has 3 aliphatic rings. The summed E-state index contributed by atoms with van der Waals surface area (Å²) >= 11 is 0. The van der Waals surface area contributed by atoms with Crippen LogP contribution in [0.1, 0.15) is 64.8 Å². The third kappa shape index (κ3) is 9.55. The molecule has 14 nitrogen and oxygen atoms in total. The molecule has 0 unspecified atom stereocenters. The molecule has 3 amide bonds. The molecule has 57 heavy (non-hydrogen) atoms. The molecule has 0 saturated carbocycles. The predicted octanol–water partition coefficient (Wildman–Crippen LogP) is 6.07. The lowest BCUT2D eigenvalue weighted by Gasteiger charge is -2.34. The molecule has 1 atom stereocenters. The first kappa shape index (κ1) is 40.7. The number of piperazine rings is 1. The quantitative estimate of drug-likeness (QED) is 0.117. The van der Waals surface area contributed by atoms with Crippen molar-refractivity contribution in [3.63, 3.8) is 0 Å². The smallest absolute Gasteiger partial charge is 0.256 e. The molecule has 6 rings (SSSR count). The Morgan fingerprint density at radius 1 is 0.702 bits per heavy atom. The van der Waals surface area contributed by atoms with Gasteiger partial charge in [0.2, 0.25) is 11.7 Å². The molecule has 3 heterocycles. The molecule has 3 aliphatic heterocycles. The van der Waals surface area contributed by atoms with Gasteiger partial charge in [-0.25, -0.2) is 0 Å². The van der Waals surface area contributed by atoms with E-state index in [2.05, 4.69) is 4.99 Å². The highest BCUT2D eigenvalue weighted by Crippen LogP contribution is 2.40. The first-order valence-electron chi connectivity index (χ1n) is 19.4. The second kappa shape index (κ2) is 19.3. The summed E-state index contributed by atoms with van der Waals surface area (Å²) in [7, 11) is 7.69. The van der Waals surface area contributed by atoms with Crippen LogP contribution in [0, 0.1) is 0 Å². The average molecular weight is 785 g/mol. The highest BCUT2D eigenvalue weighted by atomic mass is 16.5. The predicted molar refractivity (Wildman–Crippen MR) is 215 cm³/mol. The zero-order valence-corrected chi connectivity index (χ0v) is 33.4. The molecule has 3 aromatic rings. The summed E-state index contributed by atoms with van der Waals surface area (Å²) in [6.45, 7) is 3.39. The number of aliphatic imine (C=N–C) groups is 1.